The molecule has 146 valence electrons. The lowest BCUT2D eigenvalue weighted by Crippen LogP contribution is -2.24. The number of hydrogen-bond donors (Lipinski definition) is 2. The first-order valence-corrected chi connectivity index (χ1v) is 10.4. The summed E-state index contributed by atoms with van der Waals surface area (Å²) in [4.78, 5) is 22.5. The van der Waals surface area contributed by atoms with Crippen LogP contribution >= 0.6 is 0 Å². The van der Waals surface area contributed by atoms with Gasteiger partial charge in [0.15, 0.2) is 0 Å². The van der Waals surface area contributed by atoms with Gasteiger partial charge < -0.3 is 10.6 Å². The Morgan fingerprint density at radius 3 is 2.04 bits per heavy atom. The average molecular weight is 361 g/mol. The zero-order valence-corrected chi connectivity index (χ0v) is 16.4. The lowest BCUT2D eigenvalue weighted by molar-refractivity contribution is -0.105. The minimum absolute atomic E-state index is 0.0809. The highest BCUT2D eigenvalue weighted by Crippen LogP contribution is 2.12. The highest BCUT2D eigenvalue weighted by atomic mass is 16.1. The fourth-order valence-corrected chi connectivity index (χ4v) is 3.09. The Bertz CT molecular complexity index is 503. The van der Waals surface area contributed by atoms with Gasteiger partial charge in [0, 0.05) is 17.8 Å². The van der Waals surface area contributed by atoms with E-state index in [4.69, 9.17) is 0 Å². The largest absolute Gasteiger partial charge is 0.352 e. The van der Waals surface area contributed by atoms with Gasteiger partial charge in [0.05, 0.1) is 0 Å². The first kappa shape index (κ1) is 22.2. The second-order valence-corrected chi connectivity index (χ2v) is 6.99. The van der Waals surface area contributed by atoms with Gasteiger partial charge in [-0.1, -0.05) is 83.6 Å². The zero-order chi connectivity index (χ0) is 18.9. The smallest absolute Gasteiger partial charge is 0.251 e. The number of hydrogen-bond acceptors (Lipinski definition) is 2. The molecular weight excluding hydrogens is 324 g/mol. The maximum absolute atomic E-state index is 12.1. The van der Waals surface area contributed by atoms with Gasteiger partial charge in [0.2, 0.25) is 6.41 Å². The van der Waals surface area contributed by atoms with E-state index in [9.17, 15) is 9.59 Å². The standard InChI is InChI=1S/C22H36N2O2/c1-2-3-4-5-6-7-8-9-10-11-12-13-17-23-22(26)20-15-14-16-21(18-20)24-19-25/h14-16,18-19H,2-13,17H2,1H3,(H,23,26)(H,24,25). The Morgan fingerprint density at radius 1 is 0.885 bits per heavy atom. The predicted octanol–water partition coefficient (Wildman–Crippen LogP) is 5.69. The van der Waals surface area contributed by atoms with Gasteiger partial charge in [0.1, 0.15) is 0 Å². The van der Waals surface area contributed by atoms with Crippen molar-refractivity contribution in [1.29, 1.82) is 0 Å². The van der Waals surface area contributed by atoms with Gasteiger partial charge in [-0.3, -0.25) is 9.59 Å². The molecule has 2 N–H and O–H groups in total. The minimum atomic E-state index is -0.0809. The second-order valence-electron chi connectivity index (χ2n) is 6.99. The molecule has 4 heteroatoms. The third-order valence-electron chi connectivity index (χ3n) is 4.67. The van der Waals surface area contributed by atoms with Crippen molar-refractivity contribution in [1.82, 2.24) is 5.32 Å². The van der Waals surface area contributed by atoms with E-state index < -0.39 is 0 Å². The van der Waals surface area contributed by atoms with E-state index in [1.165, 1.54) is 70.6 Å². The number of unbranched alkanes of at least 4 members (excludes halogenated alkanes) is 11. The minimum Gasteiger partial charge on any atom is -0.352 e. The van der Waals surface area contributed by atoms with Crippen LogP contribution in [0.5, 0.6) is 0 Å². The maximum atomic E-state index is 12.1. The summed E-state index contributed by atoms with van der Waals surface area (Å²) in [5.41, 5.74) is 1.22. The van der Waals surface area contributed by atoms with Crippen molar-refractivity contribution in [3.63, 3.8) is 0 Å². The quantitative estimate of drug-likeness (QED) is 0.294. The van der Waals surface area contributed by atoms with E-state index in [0.717, 1.165) is 6.42 Å². The topological polar surface area (TPSA) is 58.2 Å². The summed E-state index contributed by atoms with van der Waals surface area (Å²) < 4.78 is 0. The first-order chi connectivity index (χ1) is 12.8. The molecule has 4 nitrogen and oxygen atoms in total. The zero-order valence-electron chi connectivity index (χ0n) is 16.4. The second kappa shape index (κ2) is 15.4. The molecule has 1 aromatic carbocycles. The van der Waals surface area contributed by atoms with Crippen molar-refractivity contribution in [2.75, 3.05) is 11.9 Å². The van der Waals surface area contributed by atoms with Crippen molar-refractivity contribution < 1.29 is 9.59 Å². The molecule has 0 heterocycles. The lowest BCUT2D eigenvalue weighted by atomic mass is 10.1. The normalized spacial score (nSPS) is 10.5. The van der Waals surface area contributed by atoms with Gasteiger partial charge in [-0.15, -0.1) is 0 Å². The Balaban J connectivity index is 1.96. The Morgan fingerprint density at radius 2 is 1.46 bits per heavy atom. The van der Waals surface area contributed by atoms with E-state index in [0.29, 0.717) is 24.2 Å². The highest BCUT2D eigenvalue weighted by molar-refractivity contribution is 5.95. The Kier molecular flexibility index (Phi) is 13.2. The van der Waals surface area contributed by atoms with Crippen LogP contribution in [0.15, 0.2) is 24.3 Å². The molecule has 0 bridgehead atoms. The molecule has 1 rings (SSSR count). The third-order valence-corrected chi connectivity index (χ3v) is 4.67. The molecule has 0 atom stereocenters. The van der Waals surface area contributed by atoms with Crippen LogP contribution in [-0.4, -0.2) is 18.9 Å². The van der Waals surface area contributed by atoms with E-state index in [-0.39, 0.29) is 5.91 Å². The monoisotopic (exact) mass is 360 g/mol. The summed E-state index contributed by atoms with van der Waals surface area (Å²) in [7, 11) is 0. The van der Waals surface area contributed by atoms with Crippen LogP contribution in [-0.2, 0) is 4.79 Å². The number of anilines is 1. The van der Waals surface area contributed by atoms with Crippen LogP contribution in [0.2, 0.25) is 0 Å². The van der Waals surface area contributed by atoms with Crippen molar-refractivity contribution >= 4 is 18.0 Å². The molecule has 0 radical (unpaired) electrons. The number of carbonyl (C=O) groups is 2. The van der Waals surface area contributed by atoms with Gasteiger partial charge >= 0.3 is 0 Å². The van der Waals surface area contributed by atoms with E-state index >= 15 is 0 Å². The van der Waals surface area contributed by atoms with Gasteiger partial charge in [-0.05, 0) is 24.6 Å². The number of carbonyl (C=O) groups excluding carboxylic acids is 2. The van der Waals surface area contributed by atoms with E-state index in [2.05, 4.69) is 17.6 Å². The molecule has 0 aliphatic carbocycles. The summed E-state index contributed by atoms with van der Waals surface area (Å²) >= 11 is 0. The Labute approximate surface area is 159 Å². The van der Waals surface area contributed by atoms with Gasteiger partial charge in [-0.25, -0.2) is 0 Å². The fourth-order valence-electron chi connectivity index (χ4n) is 3.09. The van der Waals surface area contributed by atoms with Gasteiger partial charge in [0.25, 0.3) is 5.91 Å². The molecule has 0 unspecified atom stereocenters. The molecule has 1 aromatic rings. The summed E-state index contributed by atoms with van der Waals surface area (Å²) in [5, 5.41) is 5.51. The summed E-state index contributed by atoms with van der Waals surface area (Å²) in [6.45, 7) is 2.97. The number of nitrogens with one attached hydrogen (secondary N) is 2. The molecule has 0 saturated carbocycles. The first-order valence-electron chi connectivity index (χ1n) is 10.4. The molecule has 2 amide bonds. The lowest BCUT2D eigenvalue weighted by Gasteiger charge is -2.07. The SMILES string of the molecule is CCCCCCCCCCCCCCNC(=O)c1cccc(NC=O)c1. The summed E-state index contributed by atoms with van der Waals surface area (Å²) in [6, 6.07) is 6.97. The number of amides is 2. The third kappa shape index (κ3) is 10.9. The number of benzene rings is 1. The van der Waals surface area contributed by atoms with E-state index in [1.807, 2.05) is 0 Å². The molecule has 0 aliphatic rings. The molecule has 0 saturated heterocycles. The van der Waals surface area contributed by atoms with Crippen LogP contribution in [0.4, 0.5) is 5.69 Å². The Hall–Kier alpha value is -1.84. The average Bonchev–Trinajstić information content (AvgIpc) is 2.66. The summed E-state index contributed by atoms with van der Waals surface area (Å²) in [6.07, 6.45) is 16.4. The maximum Gasteiger partial charge on any atom is 0.251 e. The van der Waals surface area contributed by atoms with Crippen LogP contribution in [0.3, 0.4) is 0 Å². The van der Waals surface area contributed by atoms with Crippen LogP contribution in [0.25, 0.3) is 0 Å². The predicted molar refractivity (Wildman–Crippen MR) is 110 cm³/mol. The van der Waals surface area contributed by atoms with Crippen LogP contribution in [0.1, 0.15) is 94.3 Å². The van der Waals surface area contributed by atoms with Crippen molar-refractivity contribution in [3.05, 3.63) is 29.8 Å². The van der Waals surface area contributed by atoms with Crippen molar-refractivity contribution in [2.45, 2.75) is 84.0 Å². The fraction of sp³-hybridized carbons (Fsp3) is 0.636. The molecule has 26 heavy (non-hydrogen) atoms. The van der Waals surface area contributed by atoms with Gasteiger partial charge in [-0.2, -0.15) is 0 Å². The van der Waals surface area contributed by atoms with Crippen molar-refractivity contribution in [3.8, 4) is 0 Å². The molecule has 0 aliphatic heterocycles. The van der Waals surface area contributed by atoms with Crippen LogP contribution in [0, 0.1) is 0 Å². The van der Waals surface area contributed by atoms with Crippen molar-refractivity contribution in [2.24, 2.45) is 0 Å². The summed E-state index contributed by atoms with van der Waals surface area (Å²) in [5.74, 6) is -0.0809. The highest BCUT2D eigenvalue weighted by Gasteiger charge is 2.05. The molecular formula is C22H36N2O2. The van der Waals surface area contributed by atoms with Crippen LogP contribution < -0.4 is 10.6 Å². The number of rotatable bonds is 16. The molecule has 0 fully saturated rings. The van der Waals surface area contributed by atoms with E-state index in [1.54, 1.807) is 24.3 Å². The molecule has 0 aromatic heterocycles. The molecule has 0 spiro atoms.